The van der Waals surface area contributed by atoms with E-state index in [9.17, 15) is 4.79 Å². The van der Waals surface area contributed by atoms with Gasteiger partial charge in [0.25, 0.3) is 0 Å². The van der Waals surface area contributed by atoms with E-state index < -0.39 is 0 Å². The maximum Gasteiger partial charge on any atom is 0.238 e. The fraction of sp³-hybridized carbons (Fsp3) is 0.278. The molecule has 5 heteroatoms. The molecule has 0 spiro atoms. The zero-order chi connectivity index (χ0) is 16.7. The summed E-state index contributed by atoms with van der Waals surface area (Å²) < 4.78 is 5.37. The summed E-state index contributed by atoms with van der Waals surface area (Å²) in [4.78, 5) is 12.0. The Bertz CT molecular complexity index is 644. The lowest BCUT2D eigenvalue weighted by molar-refractivity contribution is -0.115. The quantitative estimate of drug-likeness (QED) is 0.805. The predicted octanol–water partition coefficient (Wildman–Crippen LogP) is 4.03. The number of hydrogen-bond donors (Lipinski definition) is 2. The molecule has 0 aliphatic heterocycles. The molecule has 0 aliphatic rings. The SMILES string of the molecule is CCOc1ccc(NC(=O)CN[C@@H](C)c2cccc(Cl)c2)cc1. The molecule has 4 nitrogen and oxygen atoms in total. The van der Waals surface area contributed by atoms with Gasteiger partial charge in [-0.1, -0.05) is 23.7 Å². The maximum atomic E-state index is 12.0. The van der Waals surface area contributed by atoms with Crippen molar-refractivity contribution in [3.05, 3.63) is 59.1 Å². The molecule has 0 fully saturated rings. The molecule has 23 heavy (non-hydrogen) atoms. The van der Waals surface area contributed by atoms with Gasteiger partial charge in [0.2, 0.25) is 5.91 Å². The Balaban J connectivity index is 1.82. The van der Waals surface area contributed by atoms with Crippen LogP contribution in [0.1, 0.15) is 25.5 Å². The van der Waals surface area contributed by atoms with E-state index in [4.69, 9.17) is 16.3 Å². The number of anilines is 1. The minimum atomic E-state index is -0.0944. The van der Waals surface area contributed by atoms with Crippen LogP contribution in [-0.4, -0.2) is 19.1 Å². The Morgan fingerprint density at radius 3 is 2.61 bits per heavy atom. The molecule has 0 unspecified atom stereocenters. The van der Waals surface area contributed by atoms with E-state index >= 15 is 0 Å². The summed E-state index contributed by atoms with van der Waals surface area (Å²) in [5, 5.41) is 6.72. The summed E-state index contributed by atoms with van der Waals surface area (Å²) in [6.45, 7) is 4.77. The number of halogens is 1. The fourth-order valence-electron chi connectivity index (χ4n) is 2.15. The second-order valence-electron chi connectivity index (χ2n) is 5.16. The second-order valence-corrected chi connectivity index (χ2v) is 5.60. The molecule has 0 saturated carbocycles. The number of carbonyl (C=O) groups excluding carboxylic acids is 1. The van der Waals surface area contributed by atoms with E-state index in [1.807, 2.05) is 62.4 Å². The van der Waals surface area contributed by atoms with Crippen molar-refractivity contribution in [2.75, 3.05) is 18.5 Å². The molecule has 0 aromatic heterocycles. The van der Waals surface area contributed by atoms with Crippen molar-refractivity contribution >= 4 is 23.2 Å². The van der Waals surface area contributed by atoms with Gasteiger partial charge < -0.3 is 15.4 Å². The van der Waals surface area contributed by atoms with E-state index in [1.165, 1.54) is 0 Å². The molecule has 2 aromatic rings. The Morgan fingerprint density at radius 1 is 1.22 bits per heavy atom. The largest absolute Gasteiger partial charge is 0.494 e. The monoisotopic (exact) mass is 332 g/mol. The van der Waals surface area contributed by atoms with Crippen molar-refractivity contribution in [3.8, 4) is 5.75 Å². The molecule has 1 amide bonds. The van der Waals surface area contributed by atoms with Gasteiger partial charge in [-0.15, -0.1) is 0 Å². The Kier molecular flexibility index (Phi) is 6.44. The van der Waals surface area contributed by atoms with E-state index in [0.29, 0.717) is 11.6 Å². The molecule has 2 rings (SSSR count). The van der Waals surface area contributed by atoms with Gasteiger partial charge in [-0.25, -0.2) is 0 Å². The highest BCUT2D eigenvalue weighted by Crippen LogP contribution is 2.17. The van der Waals surface area contributed by atoms with Gasteiger partial charge in [0.1, 0.15) is 5.75 Å². The van der Waals surface area contributed by atoms with Crippen molar-refractivity contribution in [3.63, 3.8) is 0 Å². The highest BCUT2D eigenvalue weighted by Gasteiger charge is 2.08. The number of hydrogen-bond acceptors (Lipinski definition) is 3. The standard InChI is InChI=1S/C18H21ClN2O2/c1-3-23-17-9-7-16(8-10-17)21-18(22)12-20-13(2)14-5-4-6-15(19)11-14/h4-11,13,20H,3,12H2,1-2H3,(H,21,22)/t13-/m0/s1. The normalized spacial score (nSPS) is 11.8. The van der Waals surface area contributed by atoms with Crippen molar-refractivity contribution in [2.45, 2.75) is 19.9 Å². The lowest BCUT2D eigenvalue weighted by Gasteiger charge is -2.14. The zero-order valence-electron chi connectivity index (χ0n) is 13.3. The topological polar surface area (TPSA) is 50.4 Å². The molecule has 2 N–H and O–H groups in total. The average molecular weight is 333 g/mol. The molecular weight excluding hydrogens is 312 g/mol. The van der Waals surface area contributed by atoms with Crippen LogP contribution in [0.3, 0.4) is 0 Å². The third-order valence-electron chi connectivity index (χ3n) is 3.37. The fourth-order valence-corrected chi connectivity index (χ4v) is 2.34. The van der Waals surface area contributed by atoms with E-state index in [-0.39, 0.29) is 18.5 Å². The minimum absolute atomic E-state index is 0.0415. The lowest BCUT2D eigenvalue weighted by atomic mass is 10.1. The first-order valence-corrected chi connectivity index (χ1v) is 7.98. The summed E-state index contributed by atoms with van der Waals surface area (Å²) in [5.74, 6) is 0.696. The summed E-state index contributed by atoms with van der Waals surface area (Å²) in [7, 11) is 0. The van der Waals surface area contributed by atoms with Crippen LogP contribution in [0.15, 0.2) is 48.5 Å². The molecule has 0 aliphatic carbocycles. The van der Waals surface area contributed by atoms with Gasteiger partial charge in [-0.2, -0.15) is 0 Å². The second kappa shape index (κ2) is 8.56. The molecule has 122 valence electrons. The third kappa shape index (κ3) is 5.58. The Hall–Kier alpha value is -2.04. The van der Waals surface area contributed by atoms with Gasteiger partial charge in [-0.05, 0) is 55.8 Å². The van der Waals surface area contributed by atoms with Crippen LogP contribution in [-0.2, 0) is 4.79 Å². The minimum Gasteiger partial charge on any atom is -0.494 e. The Labute approximate surface area is 141 Å². The van der Waals surface area contributed by atoms with Gasteiger partial charge in [-0.3, -0.25) is 4.79 Å². The molecule has 0 bridgehead atoms. The van der Waals surface area contributed by atoms with Crippen LogP contribution >= 0.6 is 11.6 Å². The van der Waals surface area contributed by atoms with Crippen LogP contribution in [0.2, 0.25) is 5.02 Å². The average Bonchev–Trinajstić information content (AvgIpc) is 2.55. The van der Waals surface area contributed by atoms with Crippen LogP contribution in [0.25, 0.3) is 0 Å². The molecule has 0 saturated heterocycles. The van der Waals surface area contributed by atoms with Crippen LogP contribution in [0.4, 0.5) is 5.69 Å². The number of amides is 1. The van der Waals surface area contributed by atoms with Crippen LogP contribution in [0.5, 0.6) is 5.75 Å². The van der Waals surface area contributed by atoms with Crippen LogP contribution < -0.4 is 15.4 Å². The summed E-state index contributed by atoms with van der Waals surface area (Å²) >= 11 is 5.98. The summed E-state index contributed by atoms with van der Waals surface area (Å²) in [5.41, 5.74) is 1.79. The first kappa shape index (κ1) is 17.3. The van der Waals surface area contributed by atoms with Gasteiger partial charge in [0, 0.05) is 16.8 Å². The third-order valence-corrected chi connectivity index (χ3v) is 3.60. The van der Waals surface area contributed by atoms with E-state index in [0.717, 1.165) is 17.0 Å². The molecule has 1 atom stereocenters. The van der Waals surface area contributed by atoms with Gasteiger partial charge in [0.05, 0.1) is 13.2 Å². The van der Waals surface area contributed by atoms with Crippen molar-refractivity contribution in [2.24, 2.45) is 0 Å². The van der Waals surface area contributed by atoms with E-state index in [1.54, 1.807) is 0 Å². The number of rotatable bonds is 7. The van der Waals surface area contributed by atoms with E-state index in [2.05, 4.69) is 10.6 Å². The molecule has 0 radical (unpaired) electrons. The van der Waals surface area contributed by atoms with Crippen LogP contribution in [0, 0.1) is 0 Å². The highest BCUT2D eigenvalue weighted by atomic mass is 35.5. The lowest BCUT2D eigenvalue weighted by Crippen LogP contribution is -2.30. The summed E-state index contributed by atoms with van der Waals surface area (Å²) in [6.07, 6.45) is 0. The highest BCUT2D eigenvalue weighted by molar-refractivity contribution is 6.30. The number of ether oxygens (including phenoxy) is 1. The predicted molar refractivity (Wildman–Crippen MR) is 94.1 cm³/mol. The van der Waals surface area contributed by atoms with Crippen molar-refractivity contribution in [1.82, 2.24) is 5.32 Å². The Morgan fingerprint density at radius 2 is 1.96 bits per heavy atom. The smallest absolute Gasteiger partial charge is 0.238 e. The maximum absolute atomic E-state index is 12.0. The molecule has 2 aromatic carbocycles. The first-order chi connectivity index (χ1) is 11.1. The van der Waals surface area contributed by atoms with Gasteiger partial charge >= 0.3 is 0 Å². The number of carbonyl (C=O) groups is 1. The summed E-state index contributed by atoms with van der Waals surface area (Å²) in [6, 6.07) is 15.0. The van der Waals surface area contributed by atoms with Crippen molar-refractivity contribution < 1.29 is 9.53 Å². The number of benzene rings is 2. The molecular formula is C18H21ClN2O2. The number of nitrogens with one attached hydrogen (secondary N) is 2. The van der Waals surface area contributed by atoms with Crippen molar-refractivity contribution in [1.29, 1.82) is 0 Å². The first-order valence-electron chi connectivity index (χ1n) is 7.60. The van der Waals surface area contributed by atoms with Gasteiger partial charge in [0.15, 0.2) is 0 Å². The zero-order valence-corrected chi connectivity index (χ0v) is 14.1. The molecule has 0 heterocycles.